The molecule has 0 saturated carbocycles. The predicted octanol–water partition coefficient (Wildman–Crippen LogP) is 4.34. The highest BCUT2D eigenvalue weighted by atomic mass is 32.1. The largest absolute Gasteiger partial charge is 0.352 e. The summed E-state index contributed by atoms with van der Waals surface area (Å²) in [5.41, 5.74) is 2.82. The summed E-state index contributed by atoms with van der Waals surface area (Å²) in [6.07, 6.45) is 0.909. The van der Waals surface area contributed by atoms with Crippen molar-refractivity contribution in [3.63, 3.8) is 0 Å². The van der Waals surface area contributed by atoms with Gasteiger partial charge in [-0.1, -0.05) is 60.7 Å². The van der Waals surface area contributed by atoms with Crippen LogP contribution in [0.3, 0.4) is 0 Å². The molecule has 154 valence electrons. The first-order chi connectivity index (χ1) is 14.6. The van der Waals surface area contributed by atoms with Gasteiger partial charge in [-0.05, 0) is 42.5 Å². The number of ketones is 1. The van der Waals surface area contributed by atoms with Crippen LogP contribution < -0.4 is 10.6 Å². The SMILES string of the molecule is CC(C(=O)NC1CCNCC1c1ccccc1)c1ccc(C(=O)c2cccs2)cc1. The number of carbonyl (C=O) groups is 2. The first kappa shape index (κ1) is 20.5. The number of amides is 1. The highest BCUT2D eigenvalue weighted by molar-refractivity contribution is 7.12. The van der Waals surface area contributed by atoms with Gasteiger partial charge in [-0.3, -0.25) is 9.59 Å². The molecule has 2 heterocycles. The molecule has 0 spiro atoms. The third kappa shape index (κ3) is 4.53. The van der Waals surface area contributed by atoms with Crippen LogP contribution in [0.4, 0.5) is 0 Å². The van der Waals surface area contributed by atoms with Gasteiger partial charge in [-0.25, -0.2) is 0 Å². The lowest BCUT2D eigenvalue weighted by Gasteiger charge is -2.34. The second-order valence-corrected chi connectivity index (χ2v) is 8.72. The molecule has 3 aromatic rings. The Bertz CT molecular complexity index is 984. The van der Waals surface area contributed by atoms with Crippen LogP contribution in [-0.2, 0) is 4.79 Å². The normalized spacial score (nSPS) is 19.8. The molecule has 1 saturated heterocycles. The molecule has 2 aromatic carbocycles. The molecular formula is C25H26N2O2S. The molecule has 1 fully saturated rings. The van der Waals surface area contributed by atoms with Gasteiger partial charge in [0.05, 0.1) is 10.8 Å². The lowest BCUT2D eigenvalue weighted by molar-refractivity contribution is -0.123. The van der Waals surface area contributed by atoms with Crippen molar-refractivity contribution in [3.8, 4) is 0 Å². The summed E-state index contributed by atoms with van der Waals surface area (Å²) in [6.45, 7) is 3.69. The van der Waals surface area contributed by atoms with Gasteiger partial charge in [0.2, 0.25) is 11.7 Å². The molecule has 5 heteroatoms. The summed E-state index contributed by atoms with van der Waals surface area (Å²) in [7, 11) is 0. The number of thiophene rings is 1. The van der Waals surface area contributed by atoms with E-state index in [0.717, 1.165) is 30.0 Å². The fourth-order valence-corrected chi connectivity index (χ4v) is 4.70. The monoisotopic (exact) mass is 418 g/mol. The Morgan fingerprint density at radius 3 is 2.50 bits per heavy atom. The van der Waals surface area contributed by atoms with Gasteiger partial charge in [0, 0.05) is 24.1 Å². The van der Waals surface area contributed by atoms with E-state index in [1.807, 2.05) is 66.9 Å². The van der Waals surface area contributed by atoms with E-state index in [-0.39, 0.29) is 29.6 Å². The molecule has 1 aliphatic rings. The van der Waals surface area contributed by atoms with Crippen LogP contribution in [0.1, 0.15) is 51.5 Å². The van der Waals surface area contributed by atoms with Crippen molar-refractivity contribution in [3.05, 3.63) is 93.7 Å². The fraction of sp³-hybridized carbons (Fsp3) is 0.280. The topological polar surface area (TPSA) is 58.2 Å². The third-order valence-corrected chi connectivity index (χ3v) is 6.72. The molecule has 30 heavy (non-hydrogen) atoms. The zero-order chi connectivity index (χ0) is 20.9. The Morgan fingerprint density at radius 2 is 1.80 bits per heavy atom. The summed E-state index contributed by atoms with van der Waals surface area (Å²) in [6, 6.07) is 21.6. The van der Waals surface area contributed by atoms with E-state index < -0.39 is 0 Å². The molecule has 0 bridgehead atoms. The molecule has 3 atom stereocenters. The Kier molecular flexibility index (Phi) is 6.41. The molecule has 4 nitrogen and oxygen atoms in total. The number of carbonyl (C=O) groups excluding carboxylic acids is 2. The van der Waals surface area contributed by atoms with Crippen molar-refractivity contribution in [2.24, 2.45) is 0 Å². The zero-order valence-corrected chi connectivity index (χ0v) is 17.8. The number of hydrogen-bond acceptors (Lipinski definition) is 4. The summed E-state index contributed by atoms with van der Waals surface area (Å²) in [4.78, 5) is 26.2. The van der Waals surface area contributed by atoms with Crippen LogP contribution in [0.5, 0.6) is 0 Å². The van der Waals surface area contributed by atoms with Gasteiger partial charge < -0.3 is 10.6 Å². The average molecular weight is 419 g/mol. The van der Waals surface area contributed by atoms with Gasteiger partial charge in [0.25, 0.3) is 0 Å². The van der Waals surface area contributed by atoms with Crippen LogP contribution in [0.2, 0.25) is 0 Å². The lowest BCUT2D eigenvalue weighted by Crippen LogP contribution is -2.49. The molecule has 0 radical (unpaired) electrons. The Labute approximate surface area is 181 Å². The van der Waals surface area contributed by atoms with E-state index in [0.29, 0.717) is 5.56 Å². The van der Waals surface area contributed by atoms with E-state index in [2.05, 4.69) is 22.8 Å². The highest BCUT2D eigenvalue weighted by Gasteiger charge is 2.29. The maximum Gasteiger partial charge on any atom is 0.227 e. The minimum absolute atomic E-state index is 0.0223. The van der Waals surface area contributed by atoms with E-state index >= 15 is 0 Å². The van der Waals surface area contributed by atoms with Crippen LogP contribution >= 0.6 is 11.3 Å². The van der Waals surface area contributed by atoms with Gasteiger partial charge in [-0.2, -0.15) is 0 Å². The number of rotatable bonds is 6. The molecule has 1 amide bonds. The number of benzene rings is 2. The lowest BCUT2D eigenvalue weighted by atomic mass is 9.86. The fourth-order valence-electron chi connectivity index (χ4n) is 4.01. The maximum atomic E-state index is 13.0. The number of nitrogens with one attached hydrogen (secondary N) is 2. The standard InChI is InChI=1S/C25H26N2O2S/c1-17(18-9-11-20(12-10-18)24(28)23-8-5-15-30-23)25(29)27-22-13-14-26-16-21(22)19-6-3-2-4-7-19/h2-12,15,17,21-22,26H,13-14,16H2,1H3,(H,27,29). The van der Waals surface area contributed by atoms with Gasteiger partial charge in [0.15, 0.2) is 0 Å². The van der Waals surface area contributed by atoms with E-state index in [4.69, 9.17) is 0 Å². The van der Waals surface area contributed by atoms with Crippen LogP contribution in [-0.4, -0.2) is 30.8 Å². The molecule has 0 aliphatic carbocycles. The van der Waals surface area contributed by atoms with Crippen molar-refractivity contribution < 1.29 is 9.59 Å². The minimum Gasteiger partial charge on any atom is -0.352 e. The van der Waals surface area contributed by atoms with Gasteiger partial charge >= 0.3 is 0 Å². The second-order valence-electron chi connectivity index (χ2n) is 7.78. The minimum atomic E-state index is -0.276. The molecule has 4 rings (SSSR count). The van der Waals surface area contributed by atoms with Crippen molar-refractivity contribution >= 4 is 23.0 Å². The van der Waals surface area contributed by atoms with Gasteiger partial charge in [0.1, 0.15) is 0 Å². The summed E-state index contributed by atoms with van der Waals surface area (Å²) in [5, 5.41) is 8.62. The molecule has 3 unspecified atom stereocenters. The van der Waals surface area contributed by atoms with Crippen molar-refractivity contribution in [1.29, 1.82) is 0 Å². The number of hydrogen-bond donors (Lipinski definition) is 2. The van der Waals surface area contributed by atoms with Crippen molar-refractivity contribution in [1.82, 2.24) is 10.6 Å². The van der Waals surface area contributed by atoms with Crippen LogP contribution in [0, 0.1) is 0 Å². The Hall–Kier alpha value is -2.76. The third-order valence-electron chi connectivity index (χ3n) is 5.85. The summed E-state index contributed by atoms with van der Waals surface area (Å²) in [5.74, 6) is 0.0401. The molecule has 1 aliphatic heterocycles. The van der Waals surface area contributed by atoms with Crippen LogP contribution in [0.15, 0.2) is 72.1 Å². The molecular weight excluding hydrogens is 392 g/mol. The zero-order valence-electron chi connectivity index (χ0n) is 17.0. The van der Waals surface area contributed by atoms with Crippen molar-refractivity contribution in [2.75, 3.05) is 13.1 Å². The Balaban J connectivity index is 1.43. The highest BCUT2D eigenvalue weighted by Crippen LogP contribution is 2.25. The molecule has 1 aromatic heterocycles. The second kappa shape index (κ2) is 9.37. The van der Waals surface area contributed by atoms with E-state index in [9.17, 15) is 9.59 Å². The smallest absolute Gasteiger partial charge is 0.227 e. The Morgan fingerprint density at radius 1 is 1.03 bits per heavy atom. The number of piperidine rings is 1. The first-order valence-electron chi connectivity index (χ1n) is 10.4. The summed E-state index contributed by atoms with van der Waals surface area (Å²) < 4.78 is 0. The predicted molar refractivity (Wildman–Crippen MR) is 121 cm³/mol. The summed E-state index contributed by atoms with van der Waals surface area (Å²) >= 11 is 1.44. The first-order valence-corrected chi connectivity index (χ1v) is 11.3. The maximum absolute atomic E-state index is 13.0. The quantitative estimate of drug-likeness (QED) is 0.586. The molecule has 2 N–H and O–H groups in total. The van der Waals surface area contributed by atoms with E-state index in [1.54, 1.807) is 0 Å². The van der Waals surface area contributed by atoms with Crippen LogP contribution in [0.25, 0.3) is 0 Å². The van der Waals surface area contributed by atoms with E-state index in [1.165, 1.54) is 16.9 Å². The van der Waals surface area contributed by atoms with Gasteiger partial charge in [-0.15, -0.1) is 11.3 Å². The van der Waals surface area contributed by atoms with Crippen molar-refractivity contribution in [2.45, 2.75) is 31.2 Å². The average Bonchev–Trinajstić information content (AvgIpc) is 3.34.